The molecule has 0 atom stereocenters. The third-order valence-corrected chi connectivity index (χ3v) is 1.76. The number of carbonyl (C=O) groups is 1. The normalized spacial score (nSPS) is 10.7. The number of benzene rings is 1. The molecular weight excluding hydrogens is 238 g/mol. The molecule has 0 N–H and O–H groups in total. The molecule has 0 amide bonds. The van der Waals surface area contributed by atoms with Gasteiger partial charge in [0.05, 0.1) is 5.82 Å². The Morgan fingerprint density at radius 1 is 1.27 bits per heavy atom. The van der Waals surface area contributed by atoms with Crippen LogP contribution in [-0.4, -0.2) is 12.8 Å². The van der Waals surface area contributed by atoms with Crippen LogP contribution in [0.5, 0.6) is 0 Å². The number of ketones is 1. The number of hydrogen-bond acceptors (Lipinski definition) is 1. The van der Waals surface area contributed by atoms with Gasteiger partial charge in [0.1, 0.15) is 0 Å². The molecule has 1 aromatic carbocycles. The van der Waals surface area contributed by atoms with Crippen molar-refractivity contribution in [3.8, 4) is 0 Å². The van der Waals surface area contributed by atoms with Crippen molar-refractivity contribution in [2.75, 3.05) is 0 Å². The first-order valence-corrected chi connectivity index (χ1v) is 3.82. The summed E-state index contributed by atoms with van der Waals surface area (Å²) in [5.74, 6) is -1.87. The van der Waals surface area contributed by atoms with Crippen LogP contribution in [0.1, 0.15) is 17.3 Å². The van der Waals surface area contributed by atoms with Gasteiger partial charge in [-0.25, -0.2) is 4.39 Å². The molecule has 1 nitrogen and oxygen atoms in total. The first-order chi connectivity index (χ1) is 6.32. The van der Waals surface area contributed by atoms with Gasteiger partial charge in [0.2, 0.25) is 0 Å². The molecule has 0 aliphatic heterocycles. The topological polar surface area (TPSA) is 17.1 Å². The van der Waals surface area contributed by atoms with E-state index >= 15 is 0 Å². The second kappa shape index (κ2) is 5.58. The summed E-state index contributed by atoms with van der Waals surface area (Å²) in [6.07, 6.45) is 0. The predicted molar refractivity (Wildman–Crippen MR) is 45.1 cm³/mol. The summed E-state index contributed by atoms with van der Waals surface area (Å²) in [4.78, 5) is 10.7. The molecule has 0 saturated carbocycles. The van der Waals surface area contributed by atoms with Crippen LogP contribution < -0.4 is 56.8 Å². The largest absolute Gasteiger partial charge is 1.00 e. The third-order valence-electron chi connectivity index (χ3n) is 1.76. The fourth-order valence-corrected chi connectivity index (χ4v) is 1.01. The van der Waals surface area contributed by atoms with Crippen LogP contribution in [0.25, 0.3) is 0 Å². The number of Topliss-reactive ketones (excluding diaryl/α,β-unsaturated/α-hetero) is 1. The van der Waals surface area contributed by atoms with Crippen LogP contribution in [0, 0.1) is 5.82 Å². The second-order valence-corrected chi connectivity index (χ2v) is 2.87. The SMILES string of the molecule is CC(=O)c1ccc([B-](F)(F)F)c(F)c1.[K+]. The molecule has 0 aliphatic carbocycles. The smallest absolute Gasteiger partial charge is 0.445 e. The van der Waals surface area contributed by atoms with E-state index in [9.17, 15) is 22.1 Å². The summed E-state index contributed by atoms with van der Waals surface area (Å²) in [7, 11) is 0. The van der Waals surface area contributed by atoms with E-state index in [2.05, 4.69) is 0 Å². The van der Waals surface area contributed by atoms with Crippen molar-refractivity contribution >= 4 is 18.2 Å². The summed E-state index contributed by atoms with van der Waals surface area (Å²) in [6, 6.07) is 2.16. The molecule has 0 unspecified atom stereocenters. The van der Waals surface area contributed by atoms with Crippen molar-refractivity contribution in [3.63, 3.8) is 0 Å². The molecule has 0 aliphatic rings. The maximum Gasteiger partial charge on any atom is 1.00 e. The van der Waals surface area contributed by atoms with Crippen LogP contribution in [0.2, 0.25) is 0 Å². The fourth-order valence-electron chi connectivity index (χ4n) is 1.01. The number of rotatable bonds is 2. The van der Waals surface area contributed by atoms with Crippen molar-refractivity contribution in [3.05, 3.63) is 29.6 Å². The van der Waals surface area contributed by atoms with E-state index in [1.807, 2.05) is 0 Å². The Morgan fingerprint density at radius 2 is 1.80 bits per heavy atom. The molecule has 15 heavy (non-hydrogen) atoms. The minimum absolute atomic E-state index is 0. The van der Waals surface area contributed by atoms with Gasteiger partial charge >= 0.3 is 58.4 Å². The minimum Gasteiger partial charge on any atom is -0.445 e. The van der Waals surface area contributed by atoms with E-state index in [4.69, 9.17) is 0 Å². The maximum atomic E-state index is 12.8. The van der Waals surface area contributed by atoms with Crippen molar-refractivity contribution in [2.24, 2.45) is 0 Å². The standard InChI is InChI=1S/C8H6BF4O.K/c1-5(14)6-2-3-7(8(10)4-6)9(11,12)13;/h2-4H,1H3;/q-1;+1. The first kappa shape index (κ1) is 15.3. The maximum absolute atomic E-state index is 12.8. The van der Waals surface area contributed by atoms with Crippen molar-refractivity contribution in [1.82, 2.24) is 0 Å². The Hall–Kier alpha value is 0.311. The number of hydrogen-bond donors (Lipinski definition) is 0. The van der Waals surface area contributed by atoms with Gasteiger partial charge in [0.25, 0.3) is 0 Å². The minimum atomic E-state index is -5.35. The van der Waals surface area contributed by atoms with Gasteiger partial charge in [-0.05, 0) is 13.0 Å². The van der Waals surface area contributed by atoms with E-state index in [1.165, 1.54) is 0 Å². The number of carbonyl (C=O) groups excluding carboxylic acids is 1. The van der Waals surface area contributed by atoms with Crippen molar-refractivity contribution in [1.29, 1.82) is 0 Å². The average Bonchev–Trinajstić information content (AvgIpc) is 2.01. The van der Waals surface area contributed by atoms with Crippen LogP contribution in [0.15, 0.2) is 18.2 Å². The molecule has 1 aromatic rings. The van der Waals surface area contributed by atoms with Crippen LogP contribution >= 0.6 is 0 Å². The fraction of sp³-hybridized carbons (Fsp3) is 0.125. The van der Waals surface area contributed by atoms with E-state index < -0.39 is 24.0 Å². The van der Waals surface area contributed by atoms with Crippen LogP contribution in [-0.2, 0) is 0 Å². The zero-order chi connectivity index (χ0) is 10.9. The molecule has 7 heteroatoms. The van der Waals surface area contributed by atoms with E-state index in [0.29, 0.717) is 12.1 Å². The molecule has 0 bridgehead atoms. The Labute approximate surface area is 127 Å². The molecule has 0 fully saturated rings. The van der Waals surface area contributed by atoms with E-state index in [-0.39, 0.29) is 56.9 Å². The van der Waals surface area contributed by atoms with Gasteiger partial charge in [-0.15, -0.1) is 0 Å². The zero-order valence-corrected chi connectivity index (χ0v) is 11.4. The summed E-state index contributed by atoms with van der Waals surface area (Å²) < 4.78 is 49.2. The molecule has 0 radical (unpaired) electrons. The summed E-state index contributed by atoms with van der Waals surface area (Å²) >= 11 is 0. The predicted octanol–water partition coefficient (Wildman–Crippen LogP) is -0.913. The molecule has 0 spiro atoms. The summed E-state index contributed by atoms with van der Waals surface area (Å²) in [6.45, 7) is -4.19. The molecular formula is C8H6BF4KO. The van der Waals surface area contributed by atoms with Gasteiger partial charge in [-0.1, -0.05) is 17.6 Å². The number of halogens is 4. The van der Waals surface area contributed by atoms with Crippen LogP contribution in [0.3, 0.4) is 0 Å². The van der Waals surface area contributed by atoms with Gasteiger partial charge in [-0.2, -0.15) is 0 Å². The van der Waals surface area contributed by atoms with Gasteiger partial charge < -0.3 is 12.9 Å². The Balaban J connectivity index is 0.00000196. The summed E-state index contributed by atoms with van der Waals surface area (Å²) in [5, 5.41) is 0. The molecule has 1 rings (SSSR count). The van der Waals surface area contributed by atoms with E-state index in [0.717, 1.165) is 13.0 Å². The first-order valence-electron chi connectivity index (χ1n) is 3.82. The monoisotopic (exact) mass is 244 g/mol. The van der Waals surface area contributed by atoms with Crippen molar-refractivity contribution in [2.45, 2.75) is 6.92 Å². The van der Waals surface area contributed by atoms with Crippen molar-refractivity contribution < 1.29 is 73.5 Å². The molecule has 0 aromatic heterocycles. The van der Waals surface area contributed by atoms with Gasteiger partial charge in [-0.3, -0.25) is 4.79 Å². The second-order valence-electron chi connectivity index (χ2n) is 2.87. The molecule has 76 valence electrons. The average molecular weight is 244 g/mol. The summed E-state index contributed by atoms with van der Waals surface area (Å²) in [5.41, 5.74) is -1.36. The zero-order valence-electron chi connectivity index (χ0n) is 8.23. The van der Waals surface area contributed by atoms with E-state index in [1.54, 1.807) is 0 Å². The Bertz CT molecular complexity index is 377. The Morgan fingerprint density at radius 3 is 2.13 bits per heavy atom. The Kier molecular flexibility index (Phi) is 5.70. The third kappa shape index (κ3) is 3.99. The van der Waals surface area contributed by atoms with Gasteiger partial charge in [0, 0.05) is 5.56 Å². The molecule has 0 heterocycles. The van der Waals surface area contributed by atoms with Crippen LogP contribution in [0.4, 0.5) is 17.3 Å². The van der Waals surface area contributed by atoms with Gasteiger partial charge in [0.15, 0.2) is 5.78 Å². The molecule has 0 saturated heterocycles. The quantitative estimate of drug-likeness (QED) is 0.374.